The fourth-order valence-corrected chi connectivity index (χ4v) is 19.1. The standard InChI is InChI=1S/C35H58N6O6.C33H53F3N6O6.C32H51F3N6O6/c1-12-14-22(25(42)29(44)36-17-13-2)37-28(43)24-23-21(35(23,9)10)19-41(24)31(46)27(34(6,7)8)39-32(47)38-26(33(3,4)5)30(45)40(11)18-20-15-16-20;1-12-15-37-26(45)22(43)19(13-14-33(34,35)36)39-25(44)21-20-18(32(20,10)11)16-42(21)28(47)24(31(7,8)9)41-29(48)40-23(30(4,5)6)27(46)38-17(2)3;1-12-15-36-25(44)21(42)18(13-14-32(33,34)35)37-24(43)20-19-17(31(19,8)9)16-41(20)27(46)23(30(5,6)7)39-28(47)38-22(29(2,3)4)26(45)40(10)11/h13,20-24,26-27H,2,12,14-19H2,1,3-11H3,(H,36,44)(H,37,43)(H2,38,39,47);12,17-21,23-24H,1,13-16H2,2-11H3,(H,37,45)(H,38,46)(H,39,44)(H2,40,41,48);12,17-20,22-23H,1,13-16H2,2-11H3,(H,36,44)(H,37,43)(H2,38,39,47)/t21-,22?,23-,24-,26+,27+;18-,19?,20-,21-,23+,24+;17-,18?,19-,20-,22+,23+/m000/s1. The van der Waals surface area contributed by atoms with Crippen LogP contribution in [0.3, 0.4) is 0 Å². The highest BCUT2D eigenvalue weighted by Crippen LogP contribution is 2.67. The highest BCUT2D eigenvalue weighted by Gasteiger charge is 2.73. The van der Waals surface area contributed by atoms with Crippen LogP contribution >= 0.6 is 0 Å². The van der Waals surface area contributed by atoms with E-state index < -0.39 is 243 Å². The molecule has 0 bridgehead atoms. The van der Waals surface area contributed by atoms with Crippen molar-refractivity contribution < 1.29 is 113 Å². The molecule has 36 nitrogen and oxygen atoms in total. The molecular weight excluding hydrogens is 1860 g/mol. The van der Waals surface area contributed by atoms with Gasteiger partial charge in [-0.25, -0.2) is 14.4 Å². The third kappa shape index (κ3) is 32.1. The topological polar surface area (TPSA) is 480 Å². The van der Waals surface area contributed by atoms with Gasteiger partial charge in [-0.15, -0.1) is 19.7 Å². The molecule has 0 aromatic carbocycles. The van der Waals surface area contributed by atoms with Gasteiger partial charge in [-0.1, -0.05) is 198 Å². The molecule has 3 aliphatic heterocycles. The molecule has 42 heteroatoms. The molecule has 0 spiro atoms. The van der Waals surface area contributed by atoms with E-state index in [1.165, 1.54) is 37.8 Å². The van der Waals surface area contributed by atoms with E-state index in [9.17, 15) is 113 Å². The molecule has 4 saturated carbocycles. The molecule has 4 aliphatic carbocycles. The first kappa shape index (κ1) is 122. The Balaban J connectivity index is 0.000000375. The Morgan fingerprint density at radius 3 is 0.859 bits per heavy atom. The maximum absolute atomic E-state index is 14.3. The van der Waals surface area contributed by atoms with Crippen molar-refractivity contribution in [3.63, 3.8) is 0 Å². The molecule has 7 aliphatic rings. The van der Waals surface area contributed by atoms with Gasteiger partial charge in [-0.2, -0.15) is 26.3 Å². The molecule has 7 rings (SSSR count). The number of nitrogens with one attached hydrogen (secondary N) is 13. The molecule has 0 aromatic rings. The van der Waals surface area contributed by atoms with Crippen LogP contribution in [0.15, 0.2) is 38.0 Å². The second-order valence-corrected chi connectivity index (χ2v) is 47.7. The summed E-state index contributed by atoms with van der Waals surface area (Å²) in [5, 5.41) is 33.6. The summed E-state index contributed by atoms with van der Waals surface area (Å²) in [7, 11) is 4.86. The largest absolute Gasteiger partial charge is 0.389 e. The van der Waals surface area contributed by atoms with Crippen LogP contribution in [0.4, 0.5) is 40.7 Å². The van der Waals surface area contributed by atoms with Crippen molar-refractivity contribution in [1.82, 2.24) is 93.6 Å². The summed E-state index contributed by atoms with van der Waals surface area (Å²) < 4.78 is 78.9. The summed E-state index contributed by atoms with van der Waals surface area (Å²) in [4.78, 5) is 247. The number of likely N-dealkylation sites (tertiary alicyclic amines) is 3. The van der Waals surface area contributed by atoms with E-state index in [0.717, 1.165) is 12.8 Å². The van der Waals surface area contributed by atoms with E-state index in [1.807, 2.05) is 76.2 Å². The number of piperidine rings is 3. The van der Waals surface area contributed by atoms with E-state index in [1.54, 1.807) is 123 Å². The number of carbonyl (C=O) groups is 18. The maximum atomic E-state index is 14.3. The second-order valence-electron chi connectivity index (χ2n) is 47.7. The summed E-state index contributed by atoms with van der Waals surface area (Å²) >= 11 is 0. The number of hydrogen-bond acceptors (Lipinski definition) is 18. The first-order chi connectivity index (χ1) is 64.6. The van der Waals surface area contributed by atoms with Gasteiger partial charge in [0.2, 0.25) is 70.5 Å². The van der Waals surface area contributed by atoms with Crippen LogP contribution in [0.2, 0.25) is 0 Å². The fraction of sp³-hybridized carbons (Fsp3) is 0.760. The van der Waals surface area contributed by atoms with Gasteiger partial charge < -0.3 is 93.6 Å². The summed E-state index contributed by atoms with van der Waals surface area (Å²) in [5.74, 6) is -11.8. The minimum absolute atomic E-state index is 0.0674. The average Bonchev–Trinajstić information content (AvgIpc) is 1.53. The van der Waals surface area contributed by atoms with Gasteiger partial charge in [-0.3, -0.25) is 71.9 Å². The minimum Gasteiger partial charge on any atom is -0.352 e. The molecule has 3 saturated heterocycles. The molecule has 7 fully saturated rings. The number of carbonyl (C=O) groups excluding carboxylic acids is 18. The number of Topliss-reactive ketones (excluding diaryl/α,β-unsaturated/α-hetero) is 3. The van der Waals surface area contributed by atoms with Crippen molar-refractivity contribution in [3.8, 4) is 0 Å². The lowest BCUT2D eigenvalue weighted by molar-refractivity contribution is -0.148. The van der Waals surface area contributed by atoms with E-state index in [0.29, 0.717) is 25.4 Å². The van der Waals surface area contributed by atoms with Gasteiger partial charge in [0.05, 0.1) is 18.1 Å². The lowest BCUT2D eigenvalue weighted by atomic mass is 9.84. The minimum atomic E-state index is -4.66. The zero-order chi connectivity index (χ0) is 109. The van der Waals surface area contributed by atoms with Gasteiger partial charge in [0.1, 0.15) is 54.4 Å². The maximum Gasteiger partial charge on any atom is 0.389 e. The Morgan fingerprint density at radius 2 is 0.627 bits per heavy atom. The normalized spacial score (nSPS) is 22.5. The Bertz CT molecular complexity index is 4680. The first-order valence-corrected chi connectivity index (χ1v) is 48.9. The monoisotopic (exact) mass is 2020 g/mol. The summed E-state index contributed by atoms with van der Waals surface area (Å²) in [6.07, 6.45) is -6.89. The number of likely N-dealkylation sites (N-methyl/N-ethyl adjacent to an activating group) is 2. The van der Waals surface area contributed by atoms with E-state index >= 15 is 0 Å². The fourth-order valence-electron chi connectivity index (χ4n) is 19.1. The molecular formula is C100H162F6N18O18. The van der Waals surface area contributed by atoms with E-state index in [4.69, 9.17) is 0 Å². The molecule has 18 atom stereocenters. The van der Waals surface area contributed by atoms with Crippen LogP contribution in [0, 0.1) is 90.2 Å². The number of hydrogen-bond donors (Lipinski definition) is 13. The number of alkyl halides is 6. The Morgan fingerprint density at radius 1 is 0.373 bits per heavy atom. The molecule has 0 radical (unpaired) electrons. The summed E-state index contributed by atoms with van der Waals surface area (Å²) in [6.45, 7) is 60.8. The van der Waals surface area contributed by atoms with Crippen LogP contribution < -0.4 is 69.1 Å². The highest BCUT2D eigenvalue weighted by molar-refractivity contribution is 6.39. The Labute approximate surface area is 833 Å². The van der Waals surface area contributed by atoms with Crippen molar-refractivity contribution in [2.45, 2.75) is 329 Å². The molecule has 3 heterocycles. The first-order valence-electron chi connectivity index (χ1n) is 48.9. The third-order valence-corrected chi connectivity index (χ3v) is 27.9. The van der Waals surface area contributed by atoms with E-state index in [2.05, 4.69) is 103 Å². The molecule has 142 heavy (non-hydrogen) atoms. The lowest BCUT2D eigenvalue weighted by Crippen LogP contribution is -2.63. The van der Waals surface area contributed by atoms with Crippen molar-refractivity contribution in [2.24, 2.45) is 90.2 Å². The number of rotatable bonds is 39. The Kier molecular flexibility index (Phi) is 40.3. The van der Waals surface area contributed by atoms with Crippen molar-refractivity contribution in [3.05, 3.63) is 38.0 Å². The number of ketones is 3. The number of halogens is 6. The number of urea groups is 3. The molecule has 18 amide bonds. The quantitative estimate of drug-likeness (QED) is 0.0158. The smallest absolute Gasteiger partial charge is 0.352 e. The van der Waals surface area contributed by atoms with Gasteiger partial charge in [0.25, 0.3) is 17.7 Å². The van der Waals surface area contributed by atoms with E-state index in [-0.39, 0.29) is 103 Å². The highest BCUT2D eigenvalue weighted by atomic mass is 19.4. The van der Waals surface area contributed by atoms with Crippen LogP contribution in [-0.2, 0) is 71.9 Å². The molecule has 13 N–H and O–H groups in total. The van der Waals surface area contributed by atoms with Crippen molar-refractivity contribution >= 4 is 106 Å². The zero-order valence-corrected chi connectivity index (χ0v) is 88.9. The second kappa shape index (κ2) is 47.0. The van der Waals surface area contributed by atoms with Gasteiger partial charge >= 0.3 is 30.4 Å². The molecule has 802 valence electrons. The third-order valence-electron chi connectivity index (χ3n) is 27.9. The SMILES string of the molecule is C=CCNC(=O)C(=O)C(CCC(F)(F)F)NC(=O)[C@@H]1[C@@H]2[C@H](CN1C(=O)[C@@H](NC(=O)N[C@H](C(=O)N(C)C)C(C)(C)C)C(C)(C)C)C2(C)C.C=CCNC(=O)C(=O)C(CCC(F)(F)F)NC(=O)[C@@H]1[C@@H]2[C@H](CN1C(=O)[C@@H](NC(=O)N[C@H](C(=O)NC(C)C)C(C)(C)C)C(C)(C)C)C2(C)C.C=CCNC(=O)C(=O)C(CCC)NC(=O)[C@@H]1[C@@H]2[C@H](CN1C(=O)[C@@H](NC(=O)N[C@H](C(=O)N(C)CC1CC1)C(C)(C)C)C(C)(C)C)C2(C)C. The predicted molar refractivity (Wildman–Crippen MR) is 521 cm³/mol. The van der Waals surface area contributed by atoms with Crippen molar-refractivity contribution in [2.75, 3.05) is 67.0 Å². The molecule has 3 unspecified atom stereocenters. The Hall–Kier alpha value is -10.7. The van der Waals surface area contributed by atoms with Crippen LogP contribution in [0.25, 0.3) is 0 Å². The van der Waals surface area contributed by atoms with Gasteiger partial charge in [-0.05, 0) is 136 Å². The predicted octanol–water partition coefficient (Wildman–Crippen LogP) is 7.83. The summed E-state index contributed by atoms with van der Waals surface area (Å²) in [5.41, 5.74) is -5.44. The lowest BCUT2D eigenvalue weighted by Gasteiger charge is -2.39. The van der Waals surface area contributed by atoms with Gasteiger partial charge in [0.15, 0.2) is 0 Å². The summed E-state index contributed by atoms with van der Waals surface area (Å²) in [6, 6.07) is -16.3. The van der Waals surface area contributed by atoms with Crippen molar-refractivity contribution in [1.29, 1.82) is 0 Å². The molecule has 0 aromatic heterocycles. The average molecular weight is 2020 g/mol. The number of nitrogens with zero attached hydrogens (tertiary/aromatic N) is 5. The number of amides is 18. The van der Waals surface area contributed by atoms with Crippen LogP contribution in [-0.4, -0.2) is 289 Å². The van der Waals surface area contributed by atoms with Crippen LogP contribution in [0.1, 0.15) is 238 Å². The number of fused-ring (bicyclic) bond motifs is 3. The van der Waals surface area contributed by atoms with Crippen LogP contribution in [0.5, 0.6) is 0 Å². The van der Waals surface area contributed by atoms with Gasteiger partial charge in [0, 0.05) is 85.8 Å². The zero-order valence-electron chi connectivity index (χ0n) is 88.9.